The average molecular weight is 301 g/mol. The standard InChI is InChI=1S/C18H27N3O/c1-12-10-15(13(2)19-16-6-7-16)11-17-18(12)14(3)20-21(17)8-5-9-22-4/h10-11,13,16,19H,5-9H2,1-4H3. The normalized spacial score (nSPS) is 16.4. The van der Waals surface area contributed by atoms with Gasteiger partial charge in [0.15, 0.2) is 0 Å². The van der Waals surface area contributed by atoms with E-state index in [1.54, 1.807) is 7.11 Å². The van der Waals surface area contributed by atoms with Gasteiger partial charge in [0, 0.05) is 37.7 Å². The number of benzene rings is 1. The molecule has 1 atom stereocenters. The van der Waals surface area contributed by atoms with Crippen LogP contribution >= 0.6 is 0 Å². The van der Waals surface area contributed by atoms with Gasteiger partial charge in [-0.2, -0.15) is 5.10 Å². The predicted octanol–water partition coefficient (Wildman–Crippen LogP) is 3.50. The second-order valence-electron chi connectivity index (χ2n) is 6.55. The molecule has 1 fully saturated rings. The quantitative estimate of drug-likeness (QED) is 0.796. The van der Waals surface area contributed by atoms with Crippen molar-refractivity contribution in [2.75, 3.05) is 13.7 Å². The van der Waals surface area contributed by atoms with Crippen molar-refractivity contribution in [2.45, 2.75) is 58.7 Å². The summed E-state index contributed by atoms with van der Waals surface area (Å²) in [5.74, 6) is 0. The van der Waals surface area contributed by atoms with Gasteiger partial charge in [-0.1, -0.05) is 6.07 Å². The summed E-state index contributed by atoms with van der Waals surface area (Å²) in [6.45, 7) is 8.25. The summed E-state index contributed by atoms with van der Waals surface area (Å²) in [5.41, 5.74) is 5.07. The van der Waals surface area contributed by atoms with E-state index in [1.807, 2.05) is 0 Å². The third-order valence-corrected chi connectivity index (χ3v) is 4.53. The number of fused-ring (bicyclic) bond motifs is 1. The van der Waals surface area contributed by atoms with Crippen LogP contribution in [0.5, 0.6) is 0 Å². The lowest BCUT2D eigenvalue weighted by atomic mass is 10.0. The van der Waals surface area contributed by atoms with Gasteiger partial charge in [0.1, 0.15) is 0 Å². The van der Waals surface area contributed by atoms with E-state index < -0.39 is 0 Å². The van der Waals surface area contributed by atoms with Gasteiger partial charge in [-0.3, -0.25) is 4.68 Å². The maximum atomic E-state index is 5.17. The zero-order chi connectivity index (χ0) is 15.7. The number of methoxy groups -OCH3 is 1. The summed E-state index contributed by atoms with van der Waals surface area (Å²) < 4.78 is 7.31. The molecule has 1 N–H and O–H groups in total. The molecule has 0 bridgehead atoms. The third kappa shape index (κ3) is 3.18. The zero-order valence-electron chi connectivity index (χ0n) is 14.1. The number of nitrogens with one attached hydrogen (secondary N) is 1. The number of ether oxygens (including phenoxy) is 1. The van der Waals surface area contributed by atoms with Crippen LogP contribution in [0, 0.1) is 13.8 Å². The van der Waals surface area contributed by atoms with E-state index >= 15 is 0 Å². The first-order chi connectivity index (χ1) is 10.6. The number of hydrogen-bond donors (Lipinski definition) is 1. The van der Waals surface area contributed by atoms with Crippen LogP contribution in [0.2, 0.25) is 0 Å². The fraction of sp³-hybridized carbons (Fsp3) is 0.611. The van der Waals surface area contributed by atoms with Crippen molar-refractivity contribution >= 4 is 10.9 Å². The molecule has 2 aromatic rings. The highest BCUT2D eigenvalue weighted by Gasteiger charge is 2.24. The van der Waals surface area contributed by atoms with Crippen LogP contribution in [0.3, 0.4) is 0 Å². The molecule has 0 spiro atoms. The lowest BCUT2D eigenvalue weighted by Crippen LogP contribution is -2.20. The summed E-state index contributed by atoms with van der Waals surface area (Å²) in [7, 11) is 1.75. The molecule has 1 heterocycles. The largest absolute Gasteiger partial charge is 0.385 e. The molecule has 1 aliphatic carbocycles. The van der Waals surface area contributed by atoms with Gasteiger partial charge in [0.25, 0.3) is 0 Å². The number of aromatic nitrogens is 2. The lowest BCUT2D eigenvalue weighted by molar-refractivity contribution is 0.189. The van der Waals surface area contributed by atoms with E-state index in [0.29, 0.717) is 6.04 Å². The first kappa shape index (κ1) is 15.5. The summed E-state index contributed by atoms with van der Waals surface area (Å²) in [6.07, 6.45) is 3.63. The predicted molar refractivity (Wildman–Crippen MR) is 90.3 cm³/mol. The van der Waals surface area contributed by atoms with Gasteiger partial charge in [-0.15, -0.1) is 0 Å². The minimum Gasteiger partial charge on any atom is -0.385 e. The van der Waals surface area contributed by atoms with Crippen molar-refractivity contribution in [3.8, 4) is 0 Å². The van der Waals surface area contributed by atoms with E-state index in [9.17, 15) is 0 Å². The first-order valence-corrected chi connectivity index (χ1v) is 8.32. The lowest BCUT2D eigenvalue weighted by Gasteiger charge is -2.15. The molecule has 0 radical (unpaired) electrons. The second kappa shape index (κ2) is 6.39. The Hall–Kier alpha value is -1.39. The molecule has 1 aromatic heterocycles. The molecule has 0 amide bonds. The molecular weight excluding hydrogens is 274 g/mol. The maximum Gasteiger partial charge on any atom is 0.0691 e. The average Bonchev–Trinajstić information content (AvgIpc) is 3.23. The van der Waals surface area contributed by atoms with Crippen molar-refractivity contribution in [3.63, 3.8) is 0 Å². The highest BCUT2D eigenvalue weighted by atomic mass is 16.5. The number of nitrogens with zero attached hydrogens (tertiary/aromatic N) is 2. The first-order valence-electron chi connectivity index (χ1n) is 8.32. The summed E-state index contributed by atoms with van der Waals surface area (Å²) in [4.78, 5) is 0. The SMILES string of the molecule is COCCCn1nc(C)c2c(C)cc(C(C)NC3CC3)cc21. The van der Waals surface area contributed by atoms with Crippen molar-refractivity contribution in [2.24, 2.45) is 0 Å². The molecule has 0 saturated heterocycles. The van der Waals surface area contributed by atoms with Crippen LogP contribution < -0.4 is 5.32 Å². The summed E-state index contributed by atoms with van der Waals surface area (Å²) in [6, 6.07) is 5.75. The molecule has 3 rings (SSSR count). The van der Waals surface area contributed by atoms with Gasteiger partial charge in [0.05, 0.1) is 11.2 Å². The van der Waals surface area contributed by atoms with E-state index in [0.717, 1.165) is 31.3 Å². The molecule has 1 unspecified atom stereocenters. The molecular formula is C18H27N3O. The van der Waals surface area contributed by atoms with Crippen LogP contribution in [-0.2, 0) is 11.3 Å². The molecule has 1 aromatic carbocycles. The van der Waals surface area contributed by atoms with Gasteiger partial charge in [-0.25, -0.2) is 0 Å². The minimum absolute atomic E-state index is 0.401. The van der Waals surface area contributed by atoms with Crippen molar-refractivity contribution in [3.05, 3.63) is 29.0 Å². The Morgan fingerprint density at radius 2 is 2.14 bits per heavy atom. The highest BCUT2D eigenvalue weighted by Crippen LogP contribution is 2.29. The second-order valence-corrected chi connectivity index (χ2v) is 6.55. The van der Waals surface area contributed by atoms with Crippen LogP contribution in [0.15, 0.2) is 12.1 Å². The van der Waals surface area contributed by atoms with Crippen molar-refractivity contribution in [1.82, 2.24) is 15.1 Å². The van der Waals surface area contributed by atoms with Gasteiger partial charge < -0.3 is 10.1 Å². The van der Waals surface area contributed by atoms with Gasteiger partial charge in [-0.05, 0) is 57.2 Å². The van der Waals surface area contributed by atoms with Gasteiger partial charge in [0.2, 0.25) is 0 Å². The van der Waals surface area contributed by atoms with Crippen molar-refractivity contribution in [1.29, 1.82) is 0 Å². The molecule has 22 heavy (non-hydrogen) atoms. The Morgan fingerprint density at radius 1 is 1.36 bits per heavy atom. The summed E-state index contributed by atoms with van der Waals surface area (Å²) in [5, 5.41) is 9.73. The molecule has 4 heteroatoms. The Morgan fingerprint density at radius 3 is 2.82 bits per heavy atom. The van der Waals surface area contributed by atoms with Crippen LogP contribution in [-0.4, -0.2) is 29.5 Å². The highest BCUT2D eigenvalue weighted by molar-refractivity contribution is 5.86. The minimum atomic E-state index is 0.401. The van der Waals surface area contributed by atoms with Crippen molar-refractivity contribution < 1.29 is 4.74 Å². The Balaban J connectivity index is 1.92. The molecule has 4 nitrogen and oxygen atoms in total. The Labute approximate surface area is 132 Å². The van der Waals surface area contributed by atoms with E-state index in [2.05, 4.69) is 42.9 Å². The summed E-state index contributed by atoms with van der Waals surface area (Å²) >= 11 is 0. The van der Waals surface area contributed by atoms with E-state index in [-0.39, 0.29) is 0 Å². The van der Waals surface area contributed by atoms with E-state index in [1.165, 1.54) is 34.9 Å². The third-order valence-electron chi connectivity index (χ3n) is 4.53. The molecule has 1 saturated carbocycles. The molecule has 1 aliphatic rings. The maximum absolute atomic E-state index is 5.17. The molecule has 0 aliphatic heterocycles. The Kier molecular flexibility index (Phi) is 4.50. The number of hydrogen-bond acceptors (Lipinski definition) is 3. The molecule has 120 valence electrons. The van der Waals surface area contributed by atoms with E-state index in [4.69, 9.17) is 9.84 Å². The van der Waals surface area contributed by atoms with Crippen LogP contribution in [0.25, 0.3) is 10.9 Å². The van der Waals surface area contributed by atoms with Crippen LogP contribution in [0.1, 0.15) is 49.0 Å². The fourth-order valence-corrected chi connectivity index (χ4v) is 3.23. The topological polar surface area (TPSA) is 39.1 Å². The van der Waals surface area contributed by atoms with Crippen LogP contribution in [0.4, 0.5) is 0 Å². The Bertz CT molecular complexity index is 658. The number of aryl methyl sites for hydroxylation is 3. The monoisotopic (exact) mass is 301 g/mol. The smallest absolute Gasteiger partial charge is 0.0691 e. The zero-order valence-corrected chi connectivity index (χ0v) is 14.1. The number of rotatable bonds is 7. The van der Waals surface area contributed by atoms with Gasteiger partial charge >= 0.3 is 0 Å². The fourth-order valence-electron chi connectivity index (χ4n) is 3.23.